The van der Waals surface area contributed by atoms with Gasteiger partial charge in [-0.1, -0.05) is 6.07 Å². The molecule has 0 spiro atoms. The average Bonchev–Trinajstić information content (AvgIpc) is 2.72. The van der Waals surface area contributed by atoms with Gasteiger partial charge in [0.25, 0.3) is 0 Å². The van der Waals surface area contributed by atoms with E-state index in [0.717, 1.165) is 5.56 Å². The van der Waals surface area contributed by atoms with E-state index in [-0.39, 0.29) is 18.4 Å². The van der Waals surface area contributed by atoms with Crippen LogP contribution in [0.15, 0.2) is 42.5 Å². The molecular weight excluding hydrogens is 376 g/mol. The van der Waals surface area contributed by atoms with Gasteiger partial charge in [-0.3, -0.25) is 9.59 Å². The van der Waals surface area contributed by atoms with E-state index in [4.69, 9.17) is 18.9 Å². The molecule has 0 radical (unpaired) electrons. The summed E-state index contributed by atoms with van der Waals surface area (Å²) >= 11 is 0. The van der Waals surface area contributed by atoms with Crippen molar-refractivity contribution in [1.82, 2.24) is 0 Å². The number of hydrogen-bond donors (Lipinski definition) is 2. The molecule has 0 bridgehead atoms. The molecule has 29 heavy (non-hydrogen) atoms. The molecule has 2 aromatic carbocycles. The summed E-state index contributed by atoms with van der Waals surface area (Å²) < 4.78 is 21.3. The Morgan fingerprint density at radius 1 is 1.07 bits per heavy atom. The van der Waals surface area contributed by atoms with Crippen LogP contribution in [0.2, 0.25) is 0 Å². The number of rotatable bonds is 7. The first-order chi connectivity index (χ1) is 14.1. The van der Waals surface area contributed by atoms with Crippen molar-refractivity contribution >= 4 is 29.3 Å². The lowest BCUT2D eigenvalue weighted by molar-refractivity contribution is -0.119. The fraction of sp³-hybridized carbons (Fsp3) is 0.238. The zero-order chi connectivity index (χ0) is 20.6. The first-order valence-electron chi connectivity index (χ1n) is 8.94. The summed E-state index contributed by atoms with van der Waals surface area (Å²) in [5, 5.41) is 5.44. The number of carbonyl (C=O) groups excluding carboxylic acids is 2. The quantitative estimate of drug-likeness (QED) is 0.697. The molecule has 8 heteroatoms. The van der Waals surface area contributed by atoms with Gasteiger partial charge in [-0.25, -0.2) is 0 Å². The third-order valence-electron chi connectivity index (χ3n) is 3.97. The molecule has 0 fully saturated rings. The second-order valence-corrected chi connectivity index (χ2v) is 6.13. The predicted molar refractivity (Wildman–Crippen MR) is 109 cm³/mol. The minimum Gasteiger partial charge on any atom is -0.493 e. The number of benzene rings is 2. The monoisotopic (exact) mass is 398 g/mol. The summed E-state index contributed by atoms with van der Waals surface area (Å²) in [5.41, 5.74) is 1.85. The number of methoxy groups -OCH3 is 2. The Kier molecular flexibility index (Phi) is 6.70. The summed E-state index contributed by atoms with van der Waals surface area (Å²) in [6, 6.07) is 10.4. The van der Waals surface area contributed by atoms with Crippen LogP contribution in [0, 0.1) is 0 Å². The van der Waals surface area contributed by atoms with E-state index >= 15 is 0 Å². The number of anilines is 2. The summed E-state index contributed by atoms with van der Waals surface area (Å²) in [4.78, 5) is 23.9. The lowest BCUT2D eigenvalue weighted by atomic mass is 10.1. The van der Waals surface area contributed by atoms with E-state index in [1.165, 1.54) is 13.2 Å². The van der Waals surface area contributed by atoms with Crippen molar-refractivity contribution < 1.29 is 28.5 Å². The minimum atomic E-state index is -0.320. The van der Waals surface area contributed by atoms with Gasteiger partial charge in [-0.05, 0) is 42.0 Å². The second kappa shape index (κ2) is 9.61. The lowest BCUT2D eigenvalue weighted by Gasteiger charge is -2.20. The number of hydrogen-bond acceptors (Lipinski definition) is 6. The lowest BCUT2D eigenvalue weighted by Crippen LogP contribution is -2.17. The van der Waals surface area contributed by atoms with Gasteiger partial charge in [0.1, 0.15) is 19.8 Å². The van der Waals surface area contributed by atoms with Crippen LogP contribution < -0.4 is 24.8 Å². The summed E-state index contributed by atoms with van der Waals surface area (Å²) in [7, 11) is 2.99. The molecule has 0 saturated carbocycles. The predicted octanol–water partition coefficient (Wildman–Crippen LogP) is 2.70. The smallest absolute Gasteiger partial charge is 0.250 e. The molecular formula is C21H22N2O6. The minimum absolute atomic E-state index is 0.0433. The van der Waals surface area contributed by atoms with Crippen LogP contribution in [0.5, 0.6) is 17.2 Å². The van der Waals surface area contributed by atoms with Crippen LogP contribution in [0.3, 0.4) is 0 Å². The Morgan fingerprint density at radius 3 is 2.59 bits per heavy atom. The van der Waals surface area contributed by atoms with E-state index in [9.17, 15) is 9.59 Å². The zero-order valence-electron chi connectivity index (χ0n) is 16.2. The largest absolute Gasteiger partial charge is 0.493 e. The molecule has 2 N–H and O–H groups in total. The van der Waals surface area contributed by atoms with Crippen molar-refractivity contribution in [3.8, 4) is 17.2 Å². The molecule has 0 aromatic heterocycles. The van der Waals surface area contributed by atoms with Crippen LogP contribution in [-0.4, -0.2) is 45.9 Å². The van der Waals surface area contributed by atoms with Gasteiger partial charge in [0, 0.05) is 24.6 Å². The van der Waals surface area contributed by atoms with Crippen LogP contribution >= 0.6 is 0 Å². The van der Waals surface area contributed by atoms with Gasteiger partial charge in [0.15, 0.2) is 11.5 Å². The second-order valence-electron chi connectivity index (χ2n) is 6.13. The highest BCUT2D eigenvalue weighted by Gasteiger charge is 2.17. The first kappa shape index (κ1) is 20.2. The maximum atomic E-state index is 12.3. The first-order valence-corrected chi connectivity index (χ1v) is 8.94. The molecule has 1 aliphatic heterocycles. The molecule has 0 saturated heterocycles. The molecule has 2 aromatic rings. The normalized spacial score (nSPS) is 12.5. The topological polar surface area (TPSA) is 95.1 Å². The van der Waals surface area contributed by atoms with E-state index in [0.29, 0.717) is 41.8 Å². The number of carbonyl (C=O) groups is 2. The SMILES string of the molecule is COCC(=O)Nc1cccc(NC(=O)/C=C/c2cc(OC)c3c(c2)OCCO3)c1. The van der Waals surface area contributed by atoms with Crippen LogP contribution in [-0.2, 0) is 14.3 Å². The zero-order valence-corrected chi connectivity index (χ0v) is 16.2. The van der Waals surface area contributed by atoms with Gasteiger partial charge >= 0.3 is 0 Å². The average molecular weight is 398 g/mol. The molecule has 2 amide bonds. The Morgan fingerprint density at radius 2 is 1.83 bits per heavy atom. The molecule has 152 valence electrons. The summed E-state index contributed by atoms with van der Waals surface area (Å²) in [6.07, 6.45) is 3.06. The van der Waals surface area contributed by atoms with E-state index in [1.54, 1.807) is 49.6 Å². The van der Waals surface area contributed by atoms with Gasteiger partial charge in [0.2, 0.25) is 17.6 Å². The maximum Gasteiger partial charge on any atom is 0.250 e. The Hall–Kier alpha value is -3.52. The molecule has 1 aliphatic rings. The highest BCUT2D eigenvalue weighted by atomic mass is 16.6. The highest BCUT2D eigenvalue weighted by Crippen LogP contribution is 2.40. The third-order valence-corrected chi connectivity index (χ3v) is 3.97. The standard InChI is InChI=1S/C21H22N2O6/c1-26-13-20(25)23-16-5-3-4-15(12-16)22-19(24)7-6-14-10-17(27-2)21-18(11-14)28-8-9-29-21/h3-7,10-12H,8-9,13H2,1-2H3,(H,22,24)(H,23,25)/b7-6+. The molecule has 3 rings (SSSR count). The number of fused-ring (bicyclic) bond motifs is 1. The number of nitrogens with one attached hydrogen (secondary N) is 2. The Bertz CT molecular complexity index is 908. The van der Waals surface area contributed by atoms with E-state index in [1.807, 2.05) is 0 Å². The van der Waals surface area contributed by atoms with E-state index < -0.39 is 0 Å². The van der Waals surface area contributed by atoms with Crippen LogP contribution in [0.4, 0.5) is 11.4 Å². The molecule has 0 atom stereocenters. The van der Waals surface area contributed by atoms with E-state index in [2.05, 4.69) is 10.6 Å². The fourth-order valence-corrected chi connectivity index (χ4v) is 2.75. The third kappa shape index (κ3) is 5.49. The van der Waals surface area contributed by atoms with Gasteiger partial charge in [-0.2, -0.15) is 0 Å². The van der Waals surface area contributed by atoms with Crippen molar-refractivity contribution in [3.05, 3.63) is 48.0 Å². The summed E-state index contributed by atoms with van der Waals surface area (Å²) in [5.74, 6) is 1.09. The van der Waals surface area contributed by atoms with Crippen molar-refractivity contribution in [2.45, 2.75) is 0 Å². The van der Waals surface area contributed by atoms with Gasteiger partial charge in [-0.15, -0.1) is 0 Å². The molecule has 1 heterocycles. The molecule has 8 nitrogen and oxygen atoms in total. The van der Waals surface area contributed by atoms with Crippen molar-refractivity contribution in [3.63, 3.8) is 0 Å². The van der Waals surface area contributed by atoms with Crippen molar-refractivity contribution in [1.29, 1.82) is 0 Å². The Labute approximate surface area is 168 Å². The Balaban J connectivity index is 1.66. The van der Waals surface area contributed by atoms with Crippen molar-refractivity contribution in [2.24, 2.45) is 0 Å². The van der Waals surface area contributed by atoms with Crippen LogP contribution in [0.1, 0.15) is 5.56 Å². The molecule has 0 unspecified atom stereocenters. The van der Waals surface area contributed by atoms with Crippen LogP contribution in [0.25, 0.3) is 6.08 Å². The summed E-state index contributed by atoms with van der Waals surface area (Å²) in [6.45, 7) is 0.880. The molecule has 0 aliphatic carbocycles. The fourth-order valence-electron chi connectivity index (χ4n) is 2.75. The number of ether oxygens (including phenoxy) is 4. The maximum absolute atomic E-state index is 12.3. The number of amides is 2. The van der Waals surface area contributed by atoms with Crippen molar-refractivity contribution in [2.75, 3.05) is 44.7 Å². The van der Waals surface area contributed by atoms with Gasteiger partial charge in [0.05, 0.1) is 7.11 Å². The van der Waals surface area contributed by atoms with Gasteiger partial charge < -0.3 is 29.6 Å². The highest BCUT2D eigenvalue weighted by molar-refractivity contribution is 6.02.